The van der Waals surface area contributed by atoms with Crippen LogP contribution in [0.5, 0.6) is 0 Å². The van der Waals surface area contributed by atoms with E-state index in [2.05, 4.69) is 32.7 Å². The number of likely N-dealkylation sites (tertiary alicyclic amines) is 1. The molecule has 0 bridgehead atoms. The number of rotatable bonds is 5. The van der Waals surface area contributed by atoms with Gasteiger partial charge in [0.05, 0.1) is 0 Å². The van der Waals surface area contributed by atoms with Crippen LogP contribution < -0.4 is 16.6 Å². The van der Waals surface area contributed by atoms with Crippen LogP contribution in [0.25, 0.3) is 0 Å². The summed E-state index contributed by atoms with van der Waals surface area (Å²) in [5, 5.41) is 4.12. The standard InChI is InChI=1S/C12H22N6S/c1-18-5-3-4-9(8-18)7-14-10-6-11(17-13)16-12(15-10)19-2/h6,9H,3-5,7-8,13H2,1-2H3,(H2,14,15,16,17). The minimum atomic E-state index is 0.641. The minimum absolute atomic E-state index is 0.641. The van der Waals surface area contributed by atoms with Crippen LogP contribution in [-0.4, -0.2) is 47.8 Å². The van der Waals surface area contributed by atoms with Crippen molar-refractivity contribution in [2.24, 2.45) is 11.8 Å². The Balaban J connectivity index is 1.94. The molecule has 1 aliphatic heterocycles. The first-order chi connectivity index (χ1) is 9.21. The molecule has 2 heterocycles. The van der Waals surface area contributed by atoms with Crippen LogP contribution >= 0.6 is 11.8 Å². The van der Waals surface area contributed by atoms with Crippen molar-refractivity contribution in [3.8, 4) is 0 Å². The molecular weight excluding hydrogens is 260 g/mol. The fourth-order valence-corrected chi connectivity index (χ4v) is 2.75. The van der Waals surface area contributed by atoms with E-state index in [0.29, 0.717) is 11.7 Å². The molecule has 6 nitrogen and oxygen atoms in total. The number of thioether (sulfide) groups is 1. The van der Waals surface area contributed by atoms with E-state index in [4.69, 9.17) is 5.84 Å². The van der Waals surface area contributed by atoms with Crippen molar-refractivity contribution in [2.75, 3.05) is 43.7 Å². The maximum absolute atomic E-state index is 5.42. The van der Waals surface area contributed by atoms with E-state index in [1.807, 2.05) is 12.3 Å². The molecule has 4 N–H and O–H groups in total. The Labute approximate surface area is 118 Å². The van der Waals surface area contributed by atoms with E-state index in [1.54, 1.807) is 0 Å². The molecule has 1 unspecified atom stereocenters. The number of anilines is 2. The second-order valence-electron chi connectivity index (χ2n) is 4.92. The van der Waals surface area contributed by atoms with Crippen LogP contribution in [0.2, 0.25) is 0 Å². The predicted molar refractivity (Wildman–Crippen MR) is 80.3 cm³/mol. The average molecular weight is 282 g/mol. The van der Waals surface area contributed by atoms with Crippen molar-refractivity contribution in [3.63, 3.8) is 0 Å². The summed E-state index contributed by atoms with van der Waals surface area (Å²) in [6.45, 7) is 3.30. The largest absolute Gasteiger partial charge is 0.370 e. The lowest BCUT2D eigenvalue weighted by Gasteiger charge is -2.29. The normalized spacial score (nSPS) is 20.3. The Morgan fingerprint density at radius 2 is 2.26 bits per heavy atom. The summed E-state index contributed by atoms with van der Waals surface area (Å²) in [7, 11) is 2.18. The Morgan fingerprint density at radius 3 is 2.95 bits per heavy atom. The van der Waals surface area contributed by atoms with E-state index in [9.17, 15) is 0 Å². The highest BCUT2D eigenvalue weighted by molar-refractivity contribution is 7.98. The molecule has 0 spiro atoms. The summed E-state index contributed by atoms with van der Waals surface area (Å²) in [5.41, 5.74) is 2.57. The number of piperidine rings is 1. The molecule has 0 aliphatic carbocycles. The van der Waals surface area contributed by atoms with E-state index >= 15 is 0 Å². The van der Waals surface area contributed by atoms with Gasteiger partial charge in [0, 0.05) is 19.2 Å². The van der Waals surface area contributed by atoms with Gasteiger partial charge in [-0.3, -0.25) is 0 Å². The van der Waals surface area contributed by atoms with Gasteiger partial charge in [-0.25, -0.2) is 15.8 Å². The van der Waals surface area contributed by atoms with E-state index in [0.717, 1.165) is 24.1 Å². The molecule has 1 aromatic rings. The zero-order valence-corrected chi connectivity index (χ0v) is 12.3. The fourth-order valence-electron chi connectivity index (χ4n) is 2.37. The van der Waals surface area contributed by atoms with Crippen molar-refractivity contribution in [2.45, 2.75) is 18.0 Å². The molecule has 1 atom stereocenters. The smallest absolute Gasteiger partial charge is 0.191 e. The molecule has 1 fully saturated rings. The quantitative estimate of drug-likeness (QED) is 0.324. The highest BCUT2D eigenvalue weighted by Crippen LogP contribution is 2.19. The van der Waals surface area contributed by atoms with Crippen LogP contribution in [0.1, 0.15) is 12.8 Å². The zero-order valence-electron chi connectivity index (χ0n) is 11.5. The molecular formula is C12H22N6S. The molecule has 19 heavy (non-hydrogen) atoms. The summed E-state index contributed by atoms with van der Waals surface area (Å²) in [4.78, 5) is 11.1. The number of hydrogen-bond donors (Lipinski definition) is 3. The van der Waals surface area contributed by atoms with Gasteiger partial charge in [0.2, 0.25) is 0 Å². The molecule has 0 aromatic carbocycles. The van der Waals surface area contributed by atoms with Crippen molar-refractivity contribution < 1.29 is 0 Å². The number of nitrogens with one attached hydrogen (secondary N) is 2. The maximum atomic E-state index is 5.42. The van der Waals surface area contributed by atoms with Crippen LogP contribution in [-0.2, 0) is 0 Å². The number of nitrogens with zero attached hydrogens (tertiary/aromatic N) is 3. The molecule has 0 radical (unpaired) electrons. The second kappa shape index (κ2) is 6.93. The molecule has 7 heteroatoms. The maximum Gasteiger partial charge on any atom is 0.191 e. The Hall–Kier alpha value is -1.05. The molecule has 0 saturated carbocycles. The monoisotopic (exact) mass is 282 g/mol. The van der Waals surface area contributed by atoms with Gasteiger partial charge in [0.1, 0.15) is 11.6 Å². The van der Waals surface area contributed by atoms with Gasteiger partial charge in [-0.2, -0.15) is 0 Å². The number of hydrogen-bond acceptors (Lipinski definition) is 7. The van der Waals surface area contributed by atoms with Crippen LogP contribution in [0.15, 0.2) is 11.2 Å². The lowest BCUT2D eigenvalue weighted by molar-refractivity contribution is 0.217. The Morgan fingerprint density at radius 1 is 1.47 bits per heavy atom. The van der Waals surface area contributed by atoms with Gasteiger partial charge in [-0.15, -0.1) is 0 Å². The summed E-state index contributed by atoms with van der Waals surface area (Å²) in [6.07, 6.45) is 4.51. The minimum Gasteiger partial charge on any atom is -0.370 e. The van der Waals surface area contributed by atoms with Gasteiger partial charge in [0.25, 0.3) is 0 Å². The van der Waals surface area contributed by atoms with Crippen LogP contribution in [0, 0.1) is 5.92 Å². The van der Waals surface area contributed by atoms with Crippen molar-refractivity contribution in [1.82, 2.24) is 14.9 Å². The van der Waals surface area contributed by atoms with E-state index in [-0.39, 0.29) is 0 Å². The highest BCUT2D eigenvalue weighted by Gasteiger charge is 2.17. The number of nitrogen functional groups attached to an aromatic ring is 1. The van der Waals surface area contributed by atoms with Gasteiger partial charge >= 0.3 is 0 Å². The fraction of sp³-hybridized carbons (Fsp3) is 0.667. The van der Waals surface area contributed by atoms with Gasteiger partial charge in [-0.1, -0.05) is 11.8 Å². The lowest BCUT2D eigenvalue weighted by atomic mass is 9.98. The Kier molecular flexibility index (Phi) is 5.24. The summed E-state index contributed by atoms with van der Waals surface area (Å²) in [5.74, 6) is 7.57. The summed E-state index contributed by atoms with van der Waals surface area (Å²) in [6, 6.07) is 1.84. The summed E-state index contributed by atoms with van der Waals surface area (Å²) < 4.78 is 0. The van der Waals surface area contributed by atoms with E-state index < -0.39 is 0 Å². The number of nitrogens with two attached hydrogens (primary N) is 1. The van der Waals surface area contributed by atoms with Gasteiger partial charge < -0.3 is 15.6 Å². The first kappa shape index (κ1) is 14.4. The first-order valence-electron chi connectivity index (χ1n) is 6.53. The number of aromatic nitrogens is 2. The SMILES string of the molecule is CSc1nc(NN)cc(NCC2CCCN(C)C2)n1. The topological polar surface area (TPSA) is 79.1 Å². The number of hydrazine groups is 1. The van der Waals surface area contributed by atoms with Crippen LogP contribution in [0.3, 0.4) is 0 Å². The average Bonchev–Trinajstić information content (AvgIpc) is 2.44. The molecule has 1 saturated heterocycles. The molecule has 1 aromatic heterocycles. The lowest BCUT2D eigenvalue weighted by Crippen LogP contribution is -2.35. The molecule has 1 aliphatic rings. The summed E-state index contributed by atoms with van der Waals surface area (Å²) >= 11 is 1.51. The highest BCUT2D eigenvalue weighted by atomic mass is 32.2. The first-order valence-corrected chi connectivity index (χ1v) is 7.76. The third kappa shape index (κ3) is 4.22. The van der Waals surface area contributed by atoms with Crippen molar-refractivity contribution in [1.29, 1.82) is 0 Å². The van der Waals surface area contributed by atoms with E-state index in [1.165, 1.54) is 31.1 Å². The van der Waals surface area contributed by atoms with Crippen molar-refractivity contribution >= 4 is 23.4 Å². The van der Waals surface area contributed by atoms with Crippen LogP contribution in [0.4, 0.5) is 11.6 Å². The van der Waals surface area contributed by atoms with Gasteiger partial charge in [0.15, 0.2) is 5.16 Å². The third-order valence-electron chi connectivity index (χ3n) is 3.33. The third-order valence-corrected chi connectivity index (χ3v) is 3.88. The van der Waals surface area contributed by atoms with Crippen molar-refractivity contribution in [3.05, 3.63) is 6.07 Å². The van der Waals surface area contributed by atoms with Gasteiger partial charge in [-0.05, 0) is 38.6 Å². The predicted octanol–water partition coefficient (Wildman–Crippen LogP) is 1.24. The zero-order chi connectivity index (χ0) is 13.7. The molecule has 2 rings (SSSR count). The molecule has 0 amide bonds. The second-order valence-corrected chi connectivity index (χ2v) is 5.69. The Bertz CT molecular complexity index is 391. The molecule has 106 valence electrons.